The molecule has 0 aliphatic heterocycles. The lowest BCUT2D eigenvalue weighted by Gasteiger charge is -2.24. The molecule has 0 saturated heterocycles. The van der Waals surface area contributed by atoms with Gasteiger partial charge in [0.05, 0.1) is 25.2 Å². The summed E-state index contributed by atoms with van der Waals surface area (Å²) >= 11 is 0. The van der Waals surface area contributed by atoms with E-state index in [0.29, 0.717) is 19.3 Å². The molecule has 0 spiro atoms. The zero-order valence-corrected chi connectivity index (χ0v) is 40.3. The van der Waals surface area contributed by atoms with Crippen LogP contribution in [-0.2, 0) is 14.3 Å². The molecule has 0 aromatic carbocycles. The maximum absolute atomic E-state index is 13.2. The van der Waals surface area contributed by atoms with Gasteiger partial charge in [-0.25, -0.2) is 0 Å². The second-order valence-electron chi connectivity index (χ2n) is 17.6. The molecule has 61 heavy (non-hydrogen) atoms. The molecule has 6 heteroatoms. The van der Waals surface area contributed by atoms with Gasteiger partial charge in [0.1, 0.15) is 6.10 Å². The highest BCUT2D eigenvalue weighted by Crippen LogP contribution is 2.17. The van der Waals surface area contributed by atoms with E-state index in [1.54, 1.807) is 0 Å². The minimum absolute atomic E-state index is 0.0399. The van der Waals surface area contributed by atoms with E-state index < -0.39 is 18.2 Å². The van der Waals surface area contributed by atoms with Crippen molar-refractivity contribution < 1.29 is 24.5 Å². The molecular formula is C55H99NO5. The summed E-state index contributed by atoms with van der Waals surface area (Å²) in [5, 5.41) is 23.8. The first-order valence-corrected chi connectivity index (χ1v) is 26.0. The zero-order chi connectivity index (χ0) is 44.5. The molecule has 6 nitrogen and oxygen atoms in total. The summed E-state index contributed by atoms with van der Waals surface area (Å²) in [6.07, 6.45) is 60.0. The highest BCUT2D eigenvalue weighted by molar-refractivity contribution is 5.77. The van der Waals surface area contributed by atoms with Crippen LogP contribution >= 0.6 is 0 Å². The van der Waals surface area contributed by atoms with E-state index in [2.05, 4.69) is 86.8 Å². The number of hydrogen-bond acceptors (Lipinski definition) is 5. The largest absolute Gasteiger partial charge is 0.462 e. The average molecular weight is 854 g/mol. The topological polar surface area (TPSA) is 95.9 Å². The maximum atomic E-state index is 13.2. The molecule has 0 heterocycles. The van der Waals surface area contributed by atoms with Crippen molar-refractivity contribution in [2.24, 2.45) is 0 Å². The lowest BCUT2D eigenvalue weighted by Crippen LogP contribution is -2.46. The van der Waals surface area contributed by atoms with E-state index in [1.807, 2.05) is 0 Å². The smallest absolute Gasteiger partial charge is 0.306 e. The van der Waals surface area contributed by atoms with Crippen molar-refractivity contribution in [3.63, 3.8) is 0 Å². The Morgan fingerprint density at radius 3 is 1.46 bits per heavy atom. The van der Waals surface area contributed by atoms with Crippen LogP contribution in [0.5, 0.6) is 0 Å². The van der Waals surface area contributed by atoms with Gasteiger partial charge in [-0.2, -0.15) is 0 Å². The summed E-state index contributed by atoms with van der Waals surface area (Å²) < 4.78 is 5.90. The lowest BCUT2D eigenvalue weighted by atomic mass is 10.0. The van der Waals surface area contributed by atoms with E-state index in [9.17, 15) is 19.8 Å². The van der Waals surface area contributed by atoms with Crippen LogP contribution in [0.25, 0.3) is 0 Å². The minimum Gasteiger partial charge on any atom is -0.462 e. The first-order valence-electron chi connectivity index (χ1n) is 26.0. The van der Waals surface area contributed by atoms with Gasteiger partial charge in [0.15, 0.2) is 0 Å². The van der Waals surface area contributed by atoms with Gasteiger partial charge < -0.3 is 20.3 Å². The van der Waals surface area contributed by atoms with Gasteiger partial charge >= 0.3 is 5.97 Å². The van der Waals surface area contributed by atoms with Gasteiger partial charge in [0.2, 0.25) is 5.91 Å². The number of unbranched alkanes of at least 4 members (excludes halogenated alkanes) is 25. The van der Waals surface area contributed by atoms with Crippen LogP contribution in [0.2, 0.25) is 0 Å². The molecule has 3 N–H and O–H groups in total. The number of allylic oxidation sites excluding steroid dienone is 10. The number of carbonyl (C=O) groups excluding carboxylic acids is 2. The van der Waals surface area contributed by atoms with Gasteiger partial charge in [-0.3, -0.25) is 9.59 Å². The van der Waals surface area contributed by atoms with Crippen LogP contribution in [0.1, 0.15) is 252 Å². The summed E-state index contributed by atoms with van der Waals surface area (Å²) in [6.45, 7) is 6.35. The Morgan fingerprint density at radius 2 is 0.934 bits per heavy atom. The van der Waals surface area contributed by atoms with Gasteiger partial charge in [-0.1, -0.05) is 216 Å². The molecule has 0 rings (SSSR count). The number of aliphatic hydroxyl groups is 2. The van der Waals surface area contributed by atoms with Crippen molar-refractivity contribution >= 4 is 11.9 Å². The molecule has 0 saturated carbocycles. The standard InChI is InChI=1S/C55H99NO5/c1-4-7-10-13-16-19-22-25-27-28-30-33-36-39-42-45-48-55(60)61-51(46-43-40-37-34-31-24-21-18-15-12-9-6-3)49-54(59)56-52(50-57)53(58)47-44-41-38-35-32-29-26-23-20-17-14-11-8-5-2/h9,12,18,21,27-28,30-31,33-34,51-53,57-58H,4-8,10-11,13-17,19-20,22-26,29,32,35-50H2,1-3H3,(H,56,59)/b12-9+,21-18+,28-27+,33-30+,34-31+. The second-order valence-corrected chi connectivity index (χ2v) is 17.6. The number of hydrogen-bond donors (Lipinski definition) is 3. The van der Waals surface area contributed by atoms with Crippen LogP contribution in [0, 0.1) is 0 Å². The van der Waals surface area contributed by atoms with Gasteiger partial charge in [-0.15, -0.1) is 0 Å². The normalized spacial score (nSPS) is 13.7. The summed E-state index contributed by atoms with van der Waals surface area (Å²) in [6, 6.07) is -0.720. The molecule has 0 aliphatic rings. The zero-order valence-electron chi connectivity index (χ0n) is 40.3. The quantitative estimate of drug-likeness (QED) is 0.0245. The van der Waals surface area contributed by atoms with Crippen LogP contribution in [0.3, 0.4) is 0 Å². The van der Waals surface area contributed by atoms with E-state index >= 15 is 0 Å². The number of esters is 1. The number of carbonyl (C=O) groups is 2. The van der Waals surface area contributed by atoms with Gasteiger partial charge in [-0.05, 0) is 83.5 Å². The molecule has 3 atom stereocenters. The van der Waals surface area contributed by atoms with Crippen LogP contribution in [-0.4, -0.2) is 46.9 Å². The molecule has 0 aliphatic carbocycles. The highest BCUT2D eigenvalue weighted by Gasteiger charge is 2.24. The number of rotatable bonds is 46. The number of amides is 1. The van der Waals surface area contributed by atoms with Crippen molar-refractivity contribution in [3.8, 4) is 0 Å². The molecule has 354 valence electrons. The SMILES string of the molecule is CC/C=C/C/C=C/C/C=C/CCCCC(CC(=O)NC(CO)C(O)CCCCCCCCCCCCCCCC)OC(=O)CCCCC/C=C/C=C/CCCCCCCCC. The lowest BCUT2D eigenvalue weighted by molar-refractivity contribution is -0.151. The molecule has 3 unspecified atom stereocenters. The Morgan fingerprint density at radius 1 is 0.508 bits per heavy atom. The first kappa shape index (κ1) is 58.6. The third kappa shape index (κ3) is 44.0. The molecule has 1 amide bonds. The summed E-state index contributed by atoms with van der Waals surface area (Å²) in [5.74, 6) is -0.542. The predicted molar refractivity (Wildman–Crippen MR) is 264 cm³/mol. The van der Waals surface area contributed by atoms with Crippen molar-refractivity contribution in [3.05, 3.63) is 60.8 Å². The number of ether oxygens (including phenoxy) is 1. The molecule has 0 fully saturated rings. The Labute approximate surface area is 378 Å². The van der Waals surface area contributed by atoms with E-state index in [-0.39, 0.29) is 24.9 Å². The predicted octanol–water partition coefficient (Wildman–Crippen LogP) is 15.6. The molecule has 0 radical (unpaired) electrons. The monoisotopic (exact) mass is 854 g/mol. The number of aliphatic hydroxyl groups excluding tert-OH is 2. The third-order valence-electron chi connectivity index (χ3n) is 11.6. The fourth-order valence-electron chi connectivity index (χ4n) is 7.67. The fraction of sp³-hybridized carbons (Fsp3) is 0.782. The van der Waals surface area contributed by atoms with Crippen molar-refractivity contribution in [2.45, 2.75) is 270 Å². The van der Waals surface area contributed by atoms with Crippen LogP contribution < -0.4 is 5.32 Å². The van der Waals surface area contributed by atoms with Crippen molar-refractivity contribution in [1.82, 2.24) is 5.32 Å². The third-order valence-corrected chi connectivity index (χ3v) is 11.6. The maximum Gasteiger partial charge on any atom is 0.306 e. The summed E-state index contributed by atoms with van der Waals surface area (Å²) in [5.41, 5.74) is 0. The Bertz CT molecular complexity index is 1090. The van der Waals surface area contributed by atoms with E-state index in [1.165, 1.54) is 116 Å². The fourth-order valence-corrected chi connectivity index (χ4v) is 7.67. The van der Waals surface area contributed by atoms with Gasteiger partial charge in [0.25, 0.3) is 0 Å². The molecule has 0 bridgehead atoms. The Balaban J connectivity index is 4.63. The van der Waals surface area contributed by atoms with Crippen molar-refractivity contribution in [1.29, 1.82) is 0 Å². The Hall–Kier alpha value is -2.44. The van der Waals surface area contributed by atoms with Crippen LogP contribution in [0.15, 0.2) is 60.8 Å². The van der Waals surface area contributed by atoms with Gasteiger partial charge in [0, 0.05) is 6.42 Å². The molecule has 0 aromatic heterocycles. The second kappa shape index (κ2) is 48.6. The first-order chi connectivity index (χ1) is 30.0. The number of nitrogens with one attached hydrogen (secondary N) is 1. The summed E-state index contributed by atoms with van der Waals surface area (Å²) in [4.78, 5) is 26.1. The van der Waals surface area contributed by atoms with Crippen molar-refractivity contribution in [2.75, 3.05) is 6.61 Å². The minimum atomic E-state index is -0.803. The highest BCUT2D eigenvalue weighted by atomic mass is 16.5. The van der Waals surface area contributed by atoms with E-state index in [4.69, 9.17) is 4.74 Å². The van der Waals surface area contributed by atoms with E-state index in [0.717, 1.165) is 89.9 Å². The summed E-state index contributed by atoms with van der Waals surface area (Å²) in [7, 11) is 0. The van der Waals surface area contributed by atoms with Crippen LogP contribution in [0.4, 0.5) is 0 Å². The Kier molecular flexibility index (Phi) is 46.6. The molecular weight excluding hydrogens is 755 g/mol. The molecule has 0 aromatic rings. The average Bonchev–Trinajstić information content (AvgIpc) is 3.25.